The number of thiazole rings is 1. The number of rotatable bonds is 9. The number of nitrogens with one attached hydrogen (secondary N) is 1. The maximum absolute atomic E-state index is 11.3. The van der Waals surface area contributed by atoms with Crippen LogP contribution < -0.4 is 9.61 Å². The van der Waals surface area contributed by atoms with E-state index in [2.05, 4.69) is 34.4 Å². The summed E-state index contributed by atoms with van der Waals surface area (Å²) in [6.07, 6.45) is 2.17. The molecule has 0 aliphatic carbocycles. The van der Waals surface area contributed by atoms with Crippen molar-refractivity contribution in [3.05, 3.63) is 105 Å². The first kappa shape index (κ1) is 21.4. The predicted molar refractivity (Wildman–Crippen MR) is 127 cm³/mol. The Morgan fingerprint density at radius 2 is 1.72 bits per heavy atom. The molecule has 0 amide bonds. The van der Waals surface area contributed by atoms with E-state index < -0.39 is 0 Å². The van der Waals surface area contributed by atoms with Crippen LogP contribution >= 0.6 is 11.3 Å². The topological polar surface area (TPSA) is 83.9 Å². The van der Waals surface area contributed by atoms with Gasteiger partial charge in [-0.1, -0.05) is 77.2 Å². The molecule has 0 radical (unpaired) electrons. The van der Waals surface area contributed by atoms with Crippen molar-refractivity contribution in [3.63, 3.8) is 0 Å². The number of nitrogens with zero attached hydrogens (tertiary/aromatic N) is 1. The molecule has 1 aromatic heterocycles. The Kier molecular flexibility index (Phi) is 6.99. The summed E-state index contributed by atoms with van der Waals surface area (Å²) in [6, 6.07) is 25.8. The lowest BCUT2D eigenvalue weighted by Crippen LogP contribution is -2.04. The van der Waals surface area contributed by atoms with Gasteiger partial charge in [-0.2, -0.15) is 0 Å². The Hall–Kier alpha value is -3.84. The predicted octanol–water partition coefficient (Wildman–Crippen LogP) is 4.83. The lowest BCUT2D eigenvalue weighted by molar-refractivity contribution is 0.108. The van der Waals surface area contributed by atoms with E-state index in [1.165, 1.54) is 0 Å². The quantitative estimate of drug-likeness (QED) is 0.219. The van der Waals surface area contributed by atoms with E-state index in [0.29, 0.717) is 30.3 Å². The highest BCUT2D eigenvalue weighted by atomic mass is 32.1. The smallest absolute Gasteiger partial charge is 0.307 e. The Morgan fingerprint density at radius 3 is 2.47 bits per heavy atom. The normalized spacial score (nSPS) is 11.0. The maximum Gasteiger partial charge on any atom is 0.307 e. The number of ether oxygens (including phenoxy) is 1. The fourth-order valence-corrected chi connectivity index (χ4v) is 3.90. The molecular formula is C25H22N2O4S. The van der Waals surface area contributed by atoms with Crippen LogP contribution in [-0.4, -0.2) is 29.5 Å². The van der Waals surface area contributed by atoms with Crippen LogP contribution in [-0.2, 0) is 11.3 Å². The van der Waals surface area contributed by atoms with Gasteiger partial charge in [0.1, 0.15) is 12.4 Å². The minimum absolute atomic E-state index is 0.0650. The number of hydrogen-bond acceptors (Lipinski definition) is 6. The molecule has 4 aromatic rings. The molecular weight excluding hydrogens is 424 g/mol. The van der Waals surface area contributed by atoms with E-state index in [0.717, 1.165) is 33.6 Å². The number of aromatic nitrogens is 1. The van der Waals surface area contributed by atoms with Crippen LogP contribution in [0.4, 0.5) is 0 Å². The first-order valence-corrected chi connectivity index (χ1v) is 10.9. The molecule has 1 heterocycles. The molecule has 0 saturated carbocycles. The summed E-state index contributed by atoms with van der Waals surface area (Å²) in [5, 5.41) is 13.7. The van der Waals surface area contributed by atoms with Gasteiger partial charge in [-0.25, -0.2) is 0 Å². The van der Waals surface area contributed by atoms with Gasteiger partial charge in [0.2, 0.25) is 5.88 Å². The van der Waals surface area contributed by atoms with Crippen molar-refractivity contribution in [2.45, 2.75) is 6.42 Å². The fraction of sp³-hybridized carbons (Fsp3) is 0.120. The average molecular weight is 447 g/mol. The minimum Gasteiger partial charge on any atom is -0.494 e. The van der Waals surface area contributed by atoms with Crippen LogP contribution in [0.1, 0.15) is 16.0 Å². The summed E-state index contributed by atoms with van der Waals surface area (Å²) in [4.78, 5) is 19.3. The van der Waals surface area contributed by atoms with Crippen LogP contribution in [0.3, 0.4) is 0 Å². The van der Waals surface area contributed by atoms with Gasteiger partial charge in [-0.05, 0) is 40.5 Å². The van der Waals surface area contributed by atoms with Gasteiger partial charge in [-0.3, -0.25) is 9.78 Å². The van der Waals surface area contributed by atoms with Crippen molar-refractivity contribution in [1.29, 1.82) is 0 Å². The lowest BCUT2D eigenvalue weighted by atomic mass is 10.0. The van der Waals surface area contributed by atoms with Crippen molar-refractivity contribution in [2.24, 2.45) is 5.16 Å². The molecule has 0 bridgehead atoms. The van der Waals surface area contributed by atoms with Crippen molar-refractivity contribution < 1.29 is 14.7 Å². The minimum atomic E-state index is -0.260. The summed E-state index contributed by atoms with van der Waals surface area (Å²) in [5.74, 6) is 0.646. The summed E-state index contributed by atoms with van der Waals surface area (Å²) in [7, 11) is 0. The SMILES string of the molecule is O=c1[nH]c(O)c(Cc2ccc(OCCON=Cc3cccc(-c4ccccc4)c3)cc2)s1. The summed E-state index contributed by atoms with van der Waals surface area (Å²) >= 11 is 1.01. The largest absolute Gasteiger partial charge is 0.494 e. The van der Waals surface area contributed by atoms with Crippen LogP contribution in [0.15, 0.2) is 88.8 Å². The molecule has 0 aliphatic heterocycles. The second-order valence-corrected chi connectivity index (χ2v) is 8.08. The molecule has 0 aliphatic rings. The fourth-order valence-electron chi connectivity index (χ4n) is 3.14. The Labute approximate surface area is 189 Å². The van der Waals surface area contributed by atoms with Gasteiger partial charge in [0, 0.05) is 6.42 Å². The lowest BCUT2D eigenvalue weighted by Gasteiger charge is -2.06. The van der Waals surface area contributed by atoms with Crippen LogP contribution in [0.25, 0.3) is 11.1 Å². The monoisotopic (exact) mass is 446 g/mol. The first-order valence-electron chi connectivity index (χ1n) is 10.1. The van der Waals surface area contributed by atoms with Gasteiger partial charge < -0.3 is 14.7 Å². The molecule has 2 N–H and O–H groups in total. The summed E-state index contributed by atoms with van der Waals surface area (Å²) < 4.78 is 5.67. The van der Waals surface area contributed by atoms with Crippen molar-refractivity contribution in [1.82, 2.24) is 4.98 Å². The van der Waals surface area contributed by atoms with Gasteiger partial charge in [0.15, 0.2) is 6.61 Å². The highest BCUT2D eigenvalue weighted by Gasteiger charge is 2.07. The summed E-state index contributed by atoms with van der Waals surface area (Å²) in [6.45, 7) is 0.683. The molecule has 4 rings (SSSR count). The number of oxime groups is 1. The molecule has 7 heteroatoms. The third kappa shape index (κ3) is 5.86. The number of hydrogen-bond donors (Lipinski definition) is 2. The maximum atomic E-state index is 11.3. The number of H-pyrrole nitrogens is 1. The van der Waals surface area contributed by atoms with E-state index in [-0.39, 0.29) is 10.8 Å². The zero-order valence-corrected chi connectivity index (χ0v) is 18.0. The highest BCUT2D eigenvalue weighted by Crippen LogP contribution is 2.22. The zero-order chi connectivity index (χ0) is 22.2. The van der Waals surface area contributed by atoms with E-state index >= 15 is 0 Å². The van der Waals surface area contributed by atoms with Crippen LogP contribution in [0.2, 0.25) is 0 Å². The molecule has 0 unspecified atom stereocenters. The molecule has 0 saturated heterocycles. The number of aromatic amines is 1. The number of benzene rings is 3. The van der Waals surface area contributed by atoms with E-state index in [1.54, 1.807) is 6.21 Å². The molecule has 0 atom stereocenters. The van der Waals surface area contributed by atoms with Crippen LogP contribution in [0.5, 0.6) is 11.6 Å². The molecule has 3 aromatic carbocycles. The molecule has 162 valence electrons. The van der Waals surface area contributed by atoms with Gasteiger partial charge in [-0.15, -0.1) is 0 Å². The molecule has 0 fully saturated rings. The van der Waals surface area contributed by atoms with Crippen molar-refractivity contribution in [2.75, 3.05) is 13.2 Å². The first-order chi connectivity index (χ1) is 15.7. The third-order valence-electron chi connectivity index (χ3n) is 4.70. The highest BCUT2D eigenvalue weighted by molar-refractivity contribution is 7.09. The molecule has 6 nitrogen and oxygen atoms in total. The van der Waals surface area contributed by atoms with Crippen LogP contribution in [0, 0.1) is 0 Å². The third-order valence-corrected chi connectivity index (χ3v) is 5.57. The van der Waals surface area contributed by atoms with Crippen molar-refractivity contribution in [3.8, 4) is 22.8 Å². The Balaban J connectivity index is 1.21. The van der Waals surface area contributed by atoms with Gasteiger partial charge >= 0.3 is 4.87 Å². The molecule has 32 heavy (non-hydrogen) atoms. The van der Waals surface area contributed by atoms with E-state index in [4.69, 9.17) is 9.57 Å². The standard InChI is InChI=1S/C25H22N2O4S/c28-24-23(32-25(29)27-24)16-18-9-11-22(12-10-18)30-13-14-31-26-17-19-5-4-8-21(15-19)20-6-2-1-3-7-20/h1-12,15,17,28H,13-14,16H2,(H,27,29). The van der Waals surface area contributed by atoms with Gasteiger partial charge in [0.05, 0.1) is 11.1 Å². The summed E-state index contributed by atoms with van der Waals surface area (Å²) in [5.41, 5.74) is 4.22. The van der Waals surface area contributed by atoms with E-state index in [9.17, 15) is 9.90 Å². The van der Waals surface area contributed by atoms with Crippen molar-refractivity contribution >= 4 is 17.6 Å². The van der Waals surface area contributed by atoms with Gasteiger partial charge in [0.25, 0.3) is 0 Å². The van der Waals surface area contributed by atoms with E-state index in [1.807, 2.05) is 54.6 Å². The average Bonchev–Trinajstić information content (AvgIpc) is 3.14. The second kappa shape index (κ2) is 10.5. The second-order valence-electron chi connectivity index (χ2n) is 7.01. The molecule has 0 spiro atoms. The number of aromatic hydroxyl groups is 1. The Bertz CT molecular complexity index is 1230. The zero-order valence-electron chi connectivity index (χ0n) is 17.2. The Morgan fingerprint density at radius 1 is 0.938 bits per heavy atom.